The number of nitrogens with zero attached hydrogens (tertiary/aromatic N) is 1. The molecule has 2 rings (SSSR count). The van der Waals surface area contributed by atoms with Crippen molar-refractivity contribution < 1.29 is 0 Å². The summed E-state index contributed by atoms with van der Waals surface area (Å²) in [7, 11) is 4.10. The summed E-state index contributed by atoms with van der Waals surface area (Å²) < 4.78 is 0. The molecule has 1 atom stereocenters. The maximum Gasteiger partial charge on any atom is 0.0511 e. The van der Waals surface area contributed by atoms with E-state index in [4.69, 9.17) is 11.6 Å². The summed E-state index contributed by atoms with van der Waals surface area (Å²) in [5.41, 5.74) is 5.10. The van der Waals surface area contributed by atoms with Gasteiger partial charge in [0.1, 0.15) is 0 Å². The first-order valence-corrected chi connectivity index (χ1v) is 7.63. The van der Waals surface area contributed by atoms with E-state index in [2.05, 4.69) is 55.4 Å². The average Bonchev–Trinajstić information content (AvgIpc) is 2.48. The van der Waals surface area contributed by atoms with Gasteiger partial charge in [-0.15, -0.1) is 0 Å². The summed E-state index contributed by atoms with van der Waals surface area (Å²) in [4.78, 5) is 2.28. The van der Waals surface area contributed by atoms with Gasteiger partial charge in [-0.25, -0.2) is 0 Å². The fourth-order valence-electron chi connectivity index (χ4n) is 2.50. The van der Waals surface area contributed by atoms with Gasteiger partial charge in [-0.2, -0.15) is 0 Å². The third-order valence-corrected chi connectivity index (χ3v) is 4.25. The molecule has 0 spiro atoms. The highest BCUT2D eigenvalue weighted by molar-refractivity contribution is 6.30. The molecule has 112 valence electrons. The SMILES string of the molecule is CNCc1ccc(N(C)C(C)c2cccc(Cl)c2)cc1C. The molecule has 0 radical (unpaired) electrons. The van der Waals surface area contributed by atoms with Gasteiger partial charge in [0.2, 0.25) is 0 Å². The first kappa shape index (κ1) is 15.9. The van der Waals surface area contributed by atoms with Crippen LogP contribution in [0.4, 0.5) is 5.69 Å². The normalized spacial score (nSPS) is 12.2. The first-order chi connectivity index (χ1) is 10.0. The zero-order valence-electron chi connectivity index (χ0n) is 13.2. The minimum absolute atomic E-state index is 0.276. The summed E-state index contributed by atoms with van der Waals surface area (Å²) in [5.74, 6) is 0. The molecule has 2 nitrogen and oxygen atoms in total. The summed E-state index contributed by atoms with van der Waals surface area (Å²) in [6.45, 7) is 5.26. The molecule has 0 saturated heterocycles. The molecule has 0 amide bonds. The Morgan fingerprint density at radius 2 is 1.95 bits per heavy atom. The monoisotopic (exact) mass is 302 g/mol. The lowest BCUT2D eigenvalue weighted by Crippen LogP contribution is -2.21. The second kappa shape index (κ2) is 6.97. The van der Waals surface area contributed by atoms with Crippen LogP contribution in [0, 0.1) is 6.92 Å². The fraction of sp³-hybridized carbons (Fsp3) is 0.333. The van der Waals surface area contributed by atoms with Gasteiger partial charge in [0.05, 0.1) is 6.04 Å². The minimum atomic E-state index is 0.276. The molecule has 2 aromatic carbocycles. The Kier molecular flexibility index (Phi) is 5.27. The van der Waals surface area contributed by atoms with E-state index in [0.29, 0.717) is 0 Å². The zero-order valence-corrected chi connectivity index (χ0v) is 13.9. The van der Waals surface area contributed by atoms with Crippen molar-refractivity contribution in [3.05, 3.63) is 64.2 Å². The first-order valence-electron chi connectivity index (χ1n) is 7.25. The highest BCUT2D eigenvalue weighted by Crippen LogP contribution is 2.28. The van der Waals surface area contributed by atoms with Crippen LogP contribution in [0.3, 0.4) is 0 Å². The number of benzene rings is 2. The molecule has 0 aliphatic heterocycles. The Balaban J connectivity index is 2.23. The lowest BCUT2D eigenvalue weighted by molar-refractivity contribution is 0.738. The Bertz CT molecular complexity index is 610. The molecular weight excluding hydrogens is 280 g/mol. The third-order valence-electron chi connectivity index (χ3n) is 4.01. The summed E-state index contributed by atoms with van der Waals surface area (Å²) in [6, 6.07) is 15.0. The summed E-state index contributed by atoms with van der Waals surface area (Å²) in [5, 5.41) is 3.99. The second-order valence-electron chi connectivity index (χ2n) is 5.48. The van der Waals surface area contributed by atoms with E-state index in [1.165, 1.54) is 22.4 Å². The molecular formula is C18H23ClN2. The van der Waals surface area contributed by atoms with E-state index < -0.39 is 0 Å². The van der Waals surface area contributed by atoms with Gasteiger partial charge in [0, 0.05) is 24.3 Å². The van der Waals surface area contributed by atoms with Gasteiger partial charge in [-0.05, 0) is 61.9 Å². The molecule has 0 heterocycles. The van der Waals surface area contributed by atoms with Crippen LogP contribution in [-0.4, -0.2) is 14.1 Å². The molecule has 0 fully saturated rings. The van der Waals surface area contributed by atoms with Crippen LogP contribution in [0.1, 0.15) is 29.7 Å². The molecule has 1 N–H and O–H groups in total. The number of rotatable bonds is 5. The van der Waals surface area contributed by atoms with Crippen molar-refractivity contribution in [3.63, 3.8) is 0 Å². The van der Waals surface area contributed by atoms with Crippen molar-refractivity contribution in [2.75, 3.05) is 19.0 Å². The Morgan fingerprint density at radius 3 is 2.57 bits per heavy atom. The standard InChI is InChI=1S/C18H23ClN2/c1-13-10-18(9-8-16(13)12-20-3)21(4)14(2)15-6-5-7-17(19)11-15/h5-11,14,20H,12H2,1-4H3. The molecule has 0 aromatic heterocycles. The molecule has 3 heteroatoms. The van der Waals surface area contributed by atoms with E-state index in [9.17, 15) is 0 Å². The molecule has 0 saturated carbocycles. The predicted molar refractivity (Wildman–Crippen MR) is 92.2 cm³/mol. The van der Waals surface area contributed by atoms with E-state index in [-0.39, 0.29) is 6.04 Å². The third kappa shape index (κ3) is 3.78. The van der Waals surface area contributed by atoms with Gasteiger partial charge >= 0.3 is 0 Å². The second-order valence-corrected chi connectivity index (χ2v) is 5.92. The van der Waals surface area contributed by atoms with Crippen LogP contribution in [0.5, 0.6) is 0 Å². The lowest BCUT2D eigenvalue weighted by atomic mass is 10.0. The van der Waals surface area contributed by atoms with Gasteiger partial charge < -0.3 is 10.2 Å². The maximum atomic E-state index is 6.09. The number of halogens is 1. The molecule has 1 unspecified atom stereocenters. The smallest absolute Gasteiger partial charge is 0.0511 e. The lowest BCUT2D eigenvalue weighted by Gasteiger charge is -2.28. The Labute approximate surface area is 132 Å². The van der Waals surface area contributed by atoms with Crippen molar-refractivity contribution in [1.82, 2.24) is 5.32 Å². The van der Waals surface area contributed by atoms with E-state index in [0.717, 1.165) is 11.6 Å². The Morgan fingerprint density at radius 1 is 1.19 bits per heavy atom. The number of hydrogen-bond acceptors (Lipinski definition) is 2. The Hall–Kier alpha value is -1.51. The largest absolute Gasteiger partial charge is 0.368 e. The van der Waals surface area contributed by atoms with Crippen LogP contribution in [0.25, 0.3) is 0 Å². The van der Waals surface area contributed by atoms with E-state index in [1.54, 1.807) is 0 Å². The fourth-order valence-corrected chi connectivity index (χ4v) is 2.70. The van der Waals surface area contributed by atoms with Crippen LogP contribution in [0.15, 0.2) is 42.5 Å². The molecule has 2 aromatic rings. The van der Waals surface area contributed by atoms with Gasteiger partial charge in [0.15, 0.2) is 0 Å². The van der Waals surface area contributed by atoms with Gasteiger partial charge in [-0.3, -0.25) is 0 Å². The number of hydrogen-bond donors (Lipinski definition) is 1. The number of nitrogens with one attached hydrogen (secondary N) is 1. The van der Waals surface area contributed by atoms with Crippen LogP contribution < -0.4 is 10.2 Å². The number of anilines is 1. The van der Waals surface area contributed by atoms with Crippen LogP contribution in [-0.2, 0) is 6.54 Å². The highest BCUT2D eigenvalue weighted by atomic mass is 35.5. The highest BCUT2D eigenvalue weighted by Gasteiger charge is 2.13. The quantitative estimate of drug-likeness (QED) is 0.870. The minimum Gasteiger partial charge on any atom is -0.368 e. The van der Waals surface area contributed by atoms with Crippen molar-refractivity contribution >= 4 is 17.3 Å². The topological polar surface area (TPSA) is 15.3 Å². The molecule has 0 bridgehead atoms. The van der Waals surface area contributed by atoms with Crippen molar-refractivity contribution in [3.8, 4) is 0 Å². The van der Waals surface area contributed by atoms with E-state index in [1.807, 2.05) is 25.2 Å². The van der Waals surface area contributed by atoms with Crippen LogP contribution in [0.2, 0.25) is 5.02 Å². The van der Waals surface area contributed by atoms with Gasteiger partial charge in [-0.1, -0.05) is 29.8 Å². The molecule has 21 heavy (non-hydrogen) atoms. The average molecular weight is 303 g/mol. The van der Waals surface area contributed by atoms with E-state index >= 15 is 0 Å². The maximum absolute atomic E-state index is 6.09. The number of aryl methyl sites for hydroxylation is 1. The van der Waals surface area contributed by atoms with Crippen molar-refractivity contribution in [2.45, 2.75) is 26.4 Å². The van der Waals surface area contributed by atoms with Gasteiger partial charge in [0.25, 0.3) is 0 Å². The molecule has 0 aliphatic rings. The molecule has 0 aliphatic carbocycles. The zero-order chi connectivity index (χ0) is 15.4. The van der Waals surface area contributed by atoms with Crippen molar-refractivity contribution in [1.29, 1.82) is 0 Å². The summed E-state index contributed by atoms with van der Waals surface area (Å²) in [6.07, 6.45) is 0. The van der Waals surface area contributed by atoms with Crippen LogP contribution >= 0.6 is 11.6 Å². The summed E-state index contributed by atoms with van der Waals surface area (Å²) >= 11 is 6.09. The predicted octanol–water partition coefficient (Wildman–Crippen LogP) is 4.57. The van der Waals surface area contributed by atoms with Crippen molar-refractivity contribution in [2.24, 2.45) is 0 Å².